The van der Waals surface area contributed by atoms with Gasteiger partial charge in [0.25, 0.3) is 5.91 Å². The van der Waals surface area contributed by atoms with Gasteiger partial charge in [0.05, 0.1) is 18.2 Å². The Bertz CT molecular complexity index is 838. The van der Waals surface area contributed by atoms with Crippen LogP contribution < -0.4 is 0 Å². The highest BCUT2D eigenvalue weighted by atomic mass is 16.2. The van der Waals surface area contributed by atoms with Gasteiger partial charge < -0.3 is 4.90 Å². The molecule has 1 unspecified atom stereocenters. The molecular weight excluding hydrogens is 292 g/mol. The minimum absolute atomic E-state index is 0.0645. The number of hydrogen-bond acceptors (Lipinski definition) is 4. The average Bonchev–Trinajstić information content (AvgIpc) is 3.29. The molecule has 1 fully saturated rings. The van der Waals surface area contributed by atoms with Crippen molar-refractivity contribution in [2.75, 3.05) is 6.54 Å². The second-order valence-corrected chi connectivity index (χ2v) is 5.92. The molecule has 0 saturated carbocycles. The molecule has 7 heteroatoms. The van der Waals surface area contributed by atoms with Gasteiger partial charge in [0, 0.05) is 25.1 Å². The summed E-state index contributed by atoms with van der Waals surface area (Å²) in [6.07, 6.45) is 7.58. The molecule has 1 aliphatic heterocycles. The van der Waals surface area contributed by atoms with Crippen molar-refractivity contribution in [3.63, 3.8) is 0 Å². The van der Waals surface area contributed by atoms with Gasteiger partial charge in [-0.25, -0.2) is 0 Å². The molecule has 3 aromatic rings. The van der Waals surface area contributed by atoms with Crippen LogP contribution >= 0.6 is 0 Å². The van der Waals surface area contributed by atoms with Crippen LogP contribution in [-0.4, -0.2) is 47.8 Å². The summed E-state index contributed by atoms with van der Waals surface area (Å²) in [4.78, 5) is 14.9. The van der Waals surface area contributed by atoms with E-state index in [2.05, 4.69) is 15.3 Å². The van der Waals surface area contributed by atoms with Crippen LogP contribution in [0.2, 0.25) is 0 Å². The van der Waals surface area contributed by atoms with Gasteiger partial charge in [-0.2, -0.15) is 5.10 Å². The number of hydrogen-bond donors (Lipinski definition) is 0. The SMILES string of the molecule is Cc1nnc2ccc(C(=O)N3CCCC3Cn3cccn3)cn12. The second kappa shape index (κ2) is 5.49. The number of rotatable bonds is 3. The van der Waals surface area contributed by atoms with Crippen LogP contribution in [0.3, 0.4) is 0 Å². The third-order valence-corrected chi connectivity index (χ3v) is 4.41. The zero-order valence-corrected chi connectivity index (χ0v) is 13.0. The Balaban J connectivity index is 1.59. The Kier molecular flexibility index (Phi) is 3.33. The Morgan fingerprint density at radius 3 is 3.09 bits per heavy atom. The van der Waals surface area contributed by atoms with E-state index in [-0.39, 0.29) is 11.9 Å². The first-order valence-corrected chi connectivity index (χ1v) is 7.82. The molecule has 0 spiro atoms. The van der Waals surface area contributed by atoms with Crippen LogP contribution in [0.15, 0.2) is 36.8 Å². The number of nitrogens with zero attached hydrogens (tertiary/aromatic N) is 6. The first kappa shape index (κ1) is 13.9. The molecule has 0 aromatic carbocycles. The summed E-state index contributed by atoms with van der Waals surface area (Å²) in [5.41, 5.74) is 1.43. The van der Waals surface area contributed by atoms with Crippen LogP contribution in [0.5, 0.6) is 0 Å². The van der Waals surface area contributed by atoms with Crippen molar-refractivity contribution in [1.29, 1.82) is 0 Å². The van der Waals surface area contributed by atoms with Gasteiger partial charge in [-0.15, -0.1) is 10.2 Å². The average molecular weight is 310 g/mol. The minimum Gasteiger partial charge on any atom is -0.334 e. The van der Waals surface area contributed by atoms with Crippen molar-refractivity contribution >= 4 is 11.6 Å². The highest BCUT2D eigenvalue weighted by molar-refractivity contribution is 5.94. The zero-order chi connectivity index (χ0) is 15.8. The summed E-state index contributed by atoms with van der Waals surface area (Å²) >= 11 is 0. The first-order chi connectivity index (χ1) is 11.2. The molecule has 7 nitrogen and oxygen atoms in total. The maximum absolute atomic E-state index is 12.9. The number of fused-ring (bicyclic) bond motifs is 1. The van der Waals surface area contributed by atoms with Crippen molar-refractivity contribution in [2.45, 2.75) is 32.4 Å². The molecular formula is C16H18N6O. The Morgan fingerprint density at radius 2 is 2.26 bits per heavy atom. The molecule has 118 valence electrons. The van der Waals surface area contributed by atoms with Gasteiger partial charge in [-0.05, 0) is 38.0 Å². The molecule has 3 aromatic heterocycles. The molecule has 23 heavy (non-hydrogen) atoms. The number of amides is 1. The van der Waals surface area contributed by atoms with E-state index in [0.29, 0.717) is 5.56 Å². The van der Waals surface area contributed by atoms with Gasteiger partial charge >= 0.3 is 0 Å². The lowest BCUT2D eigenvalue weighted by atomic mass is 10.2. The van der Waals surface area contributed by atoms with E-state index in [0.717, 1.165) is 37.4 Å². The smallest absolute Gasteiger partial charge is 0.255 e. The lowest BCUT2D eigenvalue weighted by molar-refractivity contribution is 0.0721. The Morgan fingerprint density at radius 1 is 1.35 bits per heavy atom. The van der Waals surface area contributed by atoms with Crippen molar-refractivity contribution in [2.24, 2.45) is 0 Å². The highest BCUT2D eigenvalue weighted by Gasteiger charge is 2.30. The Hall–Kier alpha value is -2.70. The van der Waals surface area contributed by atoms with E-state index in [1.807, 2.05) is 51.5 Å². The van der Waals surface area contributed by atoms with E-state index < -0.39 is 0 Å². The maximum atomic E-state index is 12.9. The fourth-order valence-corrected chi connectivity index (χ4v) is 3.21. The fraction of sp³-hybridized carbons (Fsp3) is 0.375. The molecule has 4 rings (SSSR count). The molecule has 0 bridgehead atoms. The number of pyridine rings is 1. The van der Waals surface area contributed by atoms with Gasteiger partial charge in [-0.1, -0.05) is 0 Å². The van der Waals surface area contributed by atoms with Gasteiger partial charge in [0.1, 0.15) is 5.82 Å². The van der Waals surface area contributed by atoms with Crippen molar-refractivity contribution in [3.05, 3.63) is 48.2 Å². The summed E-state index contributed by atoms with van der Waals surface area (Å²) in [6.45, 7) is 3.42. The zero-order valence-electron chi connectivity index (χ0n) is 13.0. The van der Waals surface area contributed by atoms with Crippen molar-refractivity contribution < 1.29 is 4.79 Å². The summed E-state index contributed by atoms with van der Waals surface area (Å²) in [5.74, 6) is 0.846. The summed E-state index contributed by atoms with van der Waals surface area (Å²) in [6, 6.07) is 5.77. The number of likely N-dealkylation sites (tertiary alicyclic amines) is 1. The number of aryl methyl sites for hydroxylation is 1. The van der Waals surface area contributed by atoms with Crippen molar-refractivity contribution in [1.82, 2.24) is 29.3 Å². The third kappa shape index (κ3) is 2.48. The second-order valence-electron chi connectivity index (χ2n) is 5.92. The van der Waals surface area contributed by atoms with Crippen LogP contribution in [0.25, 0.3) is 5.65 Å². The van der Waals surface area contributed by atoms with Crippen LogP contribution in [0, 0.1) is 6.92 Å². The summed E-state index contributed by atoms with van der Waals surface area (Å²) in [5, 5.41) is 12.3. The maximum Gasteiger partial charge on any atom is 0.255 e. The predicted octanol–water partition coefficient (Wildman–Crippen LogP) is 1.54. The molecule has 1 saturated heterocycles. The monoisotopic (exact) mass is 310 g/mol. The number of carbonyl (C=O) groups excluding carboxylic acids is 1. The van der Waals surface area contributed by atoms with Gasteiger partial charge in [0.2, 0.25) is 0 Å². The van der Waals surface area contributed by atoms with Crippen molar-refractivity contribution in [3.8, 4) is 0 Å². The van der Waals surface area contributed by atoms with E-state index in [9.17, 15) is 4.79 Å². The van der Waals surface area contributed by atoms with Crippen LogP contribution in [0.4, 0.5) is 0 Å². The van der Waals surface area contributed by atoms with E-state index >= 15 is 0 Å². The highest BCUT2D eigenvalue weighted by Crippen LogP contribution is 2.21. The quantitative estimate of drug-likeness (QED) is 0.736. The third-order valence-electron chi connectivity index (χ3n) is 4.41. The van der Waals surface area contributed by atoms with E-state index in [1.54, 1.807) is 6.20 Å². The van der Waals surface area contributed by atoms with Gasteiger partial charge in [-0.3, -0.25) is 13.9 Å². The molecule has 0 N–H and O–H groups in total. The largest absolute Gasteiger partial charge is 0.334 e. The summed E-state index contributed by atoms with van der Waals surface area (Å²) < 4.78 is 3.75. The standard InChI is InChI=1S/C16H18N6O/c1-12-18-19-15-6-5-13(10-22(12)15)16(23)21-9-2-4-14(21)11-20-8-3-7-17-20/h3,5-8,10,14H,2,4,9,11H2,1H3. The topological polar surface area (TPSA) is 68.3 Å². The molecule has 1 atom stereocenters. The first-order valence-electron chi connectivity index (χ1n) is 7.82. The van der Waals surface area contributed by atoms with E-state index in [4.69, 9.17) is 0 Å². The molecule has 1 aliphatic rings. The fourth-order valence-electron chi connectivity index (χ4n) is 3.21. The van der Waals surface area contributed by atoms with Gasteiger partial charge in [0.15, 0.2) is 5.65 Å². The van der Waals surface area contributed by atoms with E-state index in [1.165, 1.54) is 0 Å². The molecule has 1 amide bonds. The molecule has 4 heterocycles. The number of carbonyl (C=O) groups is 1. The summed E-state index contributed by atoms with van der Waals surface area (Å²) in [7, 11) is 0. The minimum atomic E-state index is 0.0645. The van der Waals surface area contributed by atoms with Crippen LogP contribution in [-0.2, 0) is 6.54 Å². The lowest BCUT2D eigenvalue weighted by Gasteiger charge is -2.24. The molecule has 0 radical (unpaired) electrons. The number of aromatic nitrogens is 5. The van der Waals surface area contributed by atoms with Crippen LogP contribution in [0.1, 0.15) is 29.0 Å². The normalized spacial score (nSPS) is 18.0. The predicted molar refractivity (Wildman–Crippen MR) is 84.0 cm³/mol. The molecule has 0 aliphatic carbocycles. The lowest BCUT2D eigenvalue weighted by Crippen LogP contribution is -2.38. The Labute approximate surface area is 133 Å².